The van der Waals surface area contributed by atoms with Gasteiger partial charge < -0.3 is 10.4 Å². The van der Waals surface area contributed by atoms with Crippen LogP contribution in [-0.4, -0.2) is 47.6 Å². The van der Waals surface area contributed by atoms with Gasteiger partial charge in [0.2, 0.25) is 5.91 Å². The quantitative estimate of drug-likeness (QED) is 0.633. The fourth-order valence-corrected chi connectivity index (χ4v) is 1.61. The summed E-state index contributed by atoms with van der Waals surface area (Å²) < 4.78 is 0. The van der Waals surface area contributed by atoms with Gasteiger partial charge in [0.1, 0.15) is 6.54 Å². The van der Waals surface area contributed by atoms with E-state index in [4.69, 9.17) is 5.11 Å². The second-order valence-corrected chi connectivity index (χ2v) is 4.23. The van der Waals surface area contributed by atoms with E-state index in [2.05, 4.69) is 17.1 Å². The first-order valence-electron chi connectivity index (χ1n) is 5.86. The average Bonchev–Trinajstić information content (AvgIpc) is 3.05. The lowest BCUT2D eigenvalue weighted by atomic mass is 10.3. The van der Waals surface area contributed by atoms with Crippen LogP contribution in [0.2, 0.25) is 0 Å². The fourth-order valence-electron chi connectivity index (χ4n) is 1.61. The number of carbonyl (C=O) groups excluding carboxylic acids is 1. The lowest BCUT2D eigenvalue weighted by Gasteiger charge is -2.20. The molecule has 5 heteroatoms. The zero-order chi connectivity index (χ0) is 12.0. The standard InChI is InChI=1S/C11H20N2O3/c1-2-3-6-13(9-4-5-9)8-10(14)12-7-11(15)16/h9H,2-8H2,1H3,(H,12,14)(H,15,16). The molecule has 1 fully saturated rings. The smallest absolute Gasteiger partial charge is 0.322 e. The van der Waals surface area contributed by atoms with Crippen LogP contribution in [0, 0.1) is 0 Å². The molecule has 2 N–H and O–H groups in total. The predicted molar refractivity (Wildman–Crippen MR) is 60.1 cm³/mol. The van der Waals surface area contributed by atoms with Gasteiger partial charge in [0, 0.05) is 6.04 Å². The molecule has 0 bridgehead atoms. The molecule has 0 spiro atoms. The Labute approximate surface area is 95.8 Å². The van der Waals surface area contributed by atoms with Gasteiger partial charge in [0.15, 0.2) is 0 Å². The molecule has 0 heterocycles. The highest BCUT2D eigenvalue weighted by Gasteiger charge is 2.29. The van der Waals surface area contributed by atoms with Crippen LogP contribution in [0.4, 0.5) is 0 Å². The maximum absolute atomic E-state index is 11.4. The summed E-state index contributed by atoms with van der Waals surface area (Å²) in [5, 5.41) is 10.8. The number of carboxylic acid groups (broad SMARTS) is 1. The summed E-state index contributed by atoms with van der Waals surface area (Å²) in [6, 6.07) is 0.544. The molecule has 1 rings (SSSR count). The number of hydrogen-bond acceptors (Lipinski definition) is 3. The van der Waals surface area contributed by atoms with Crippen LogP contribution in [0.15, 0.2) is 0 Å². The molecule has 1 aliphatic rings. The van der Waals surface area contributed by atoms with Gasteiger partial charge in [0.05, 0.1) is 6.54 Å². The summed E-state index contributed by atoms with van der Waals surface area (Å²) in [5.74, 6) is -1.19. The van der Waals surface area contributed by atoms with Crippen LogP contribution in [-0.2, 0) is 9.59 Å². The molecule has 92 valence electrons. The summed E-state index contributed by atoms with van der Waals surface area (Å²) in [5.41, 5.74) is 0. The molecule has 0 saturated heterocycles. The number of aliphatic carboxylic acids is 1. The van der Waals surface area contributed by atoms with Crippen molar-refractivity contribution in [1.29, 1.82) is 0 Å². The van der Waals surface area contributed by atoms with Crippen molar-refractivity contribution >= 4 is 11.9 Å². The monoisotopic (exact) mass is 228 g/mol. The molecule has 1 amide bonds. The number of nitrogens with zero attached hydrogens (tertiary/aromatic N) is 1. The number of carbonyl (C=O) groups is 2. The molecular weight excluding hydrogens is 208 g/mol. The van der Waals surface area contributed by atoms with Gasteiger partial charge >= 0.3 is 5.97 Å². The van der Waals surface area contributed by atoms with Gasteiger partial charge in [-0.3, -0.25) is 14.5 Å². The topological polar surface area (TPSA) is 69.6 Å². The molecule has 1 aliphatic carbocycles. The van der Waals surface area contributed by atoms with E-state index in [9.17, 15) is 9.59 Å². The van der Waals surface area contributed by atoms with Crippen LogP contribution in [0.3, 0.4) is 0 Å². The van der Waals surface area contributed by atoms with Crippen molar-refractivity contribution in [3.8, 4) is 0 Å². The largest absolute Gasteiger partial charge is 0.480 e. The molecule has 0 radical (unpaired) electrons. The molecule has 5 nitrogen and oxygen atoms in total. The van der Waals surface area contributed by atoms with E-state index in [-0.39, 0.29) is 12.5 Å². The SMILES string of the molecule is CCCCN(CC(=O)NCC(=O)O)C1CC1. The van der Waals surface area contributed by atoms with Gasteiger partial charge in [-0.1, -0.05) is 13.3 Å². The first-order valence-corrected chi connectivity index (χ1v) is 5.86. The first kappa shape index (κ1) is 13.0. The van der Waals surface area contributed by atoms with E-state index in [1.807, 2.05) is 0 Å². The van der Waals surface area contributed by atoms with E-state index in [0.717, 1.165) is 32.2 Å². The Bertz CT molecular complexity index is 252. The lowest BCUT2D eigenvalue weighted by molar-refractivity contribution is -0.138. The van der Waals surface area contributed by atoms with Crippen molar-refractivity contribution in [3.05, 3.63) is 0 Å². The molecular formula is C11H20N2O3. The Morgan fingerprint density at radius 1 is 1.44 bits per heavy atom. The summed E-state index contributed by atoms with van der Waals surface area (Å²) in [6.07, 6.45) is 4.52. The van der Waals surface area contributed by atoms with Crippen LogP contribution in [0.5, 0.6) is 0 Å². The molecule has 0 aliphatic heterocycles. The molecule has 0 atom stereocenters. The number of nitrogens with one attached hydrogen (secondary N) is 1. The lowest BCUT2D eigenvalue weighted by Crippen LogP contribution is -2.40. The molecule has 0 unspecified atom stereocenters. The summed E-state index contributed by atoms with van der Waals surface area (Å²) in [4.78, 5) is 23.9. The maximum Gasteiger partial charge on any atom is 0.322 e. The predicted octanol–water partition coefficient (Wildman–Crippen LogP) is 0.452. The Hall–Kier alpha value is -1.10. The van der Waals surface area contributed by atoms with Gasteiger partial charge in [-0.25, -0.2) is 0 Å². The zero-order valence-corrected chi connectivity index (χ0v) is 9.74. The normalized spacial score (nSPS) is 15.1. The number of unbranched alkanes of at least 4 members (excludes halogenated alkanes) is 1. The van der Waals surface area contributed by atoms with Crippen LogP contribution in [0.1, 0.15) is 32.6 Å². The van der Waals surface area contributed by atoms with E-state index in [1.54, 1.807) is 0 Å². The highest BCUT2D eigenvalue weighted by atomic mass is 16.4. The van der Waals surface area contributed by atoms with Gasteiger partial charge in [-0.05, 0) is 25.8 Å². The summed E-state index contributed by atoms with van der Waals surface area (Å²) >= 11 is 0. The average molecular weight is 228 g/mol. The van der Waals surface area contributed by atoms with Crippen molar-refractivity contribution < 1.29 is 14.7 Å². The number of amides is 1. The van der Waals surface area contributed by atoms with Crippen molar-refractivity contribution in [1.82, 2.24) is 10.2 Å². The zero-order valence-electron chi connectivity index (χ0n) is 9.74. The number of rotatable bonds is 8. The van der Waals surface area contributed by atoms with Crippen molar-refractivity contribution in [2.75, 3.05) is 19.6 Å². The van der Waals surface area contributed by atoms with Crippen molar-refractivity contribution in [2.45, 2.75) is 38.6 Å². The third-order valence-electron chi connectivity index (χ3n) is 2.65. The van der Waals surface area contributed by atoms with Crippen LogP contribution >= 0.6 is 0 Å². The summed E-state index contributed by atoms with van der Waals surface area (Å²) in [7, 11) is 0. The van der Waals surface area contributed by atoms with E-state index in [0.29, 0.717) is 12.6 Å². The Morgan fingerprint density at radius 3 is 2.62 bits per heavy atom. The fraction of sp³-hybridized carbons (Fsp3) is 0.818. The molecule has 0 aromatic rings. The Kier molecular flexibility index (Phi) is 5.25. The van der Waals surface area contributed by atoms with E-state index in [1.165, 1.54) is 0 Å². The van der Waals surface area contributed by atoms with Crippen LogP contribution < -0.4 is 5.32 Å². The minimum absolute atomic E-state index is 0.189. The highest BCUT2D eigenvalue weighted by Crippen LogP contribution is 2.26. The van der Waals surface area contributed by atoms with Crippen molar-refractivity contribution in [3.63, 3.8) is 0 Å². The molecule has 1 saturated carbocycles. The Morgan fingerprint density at radius 2 is 2.12 bits per heavy atom. The molecule has 0 aromatic heterocycles. The van der Waals surface area contributed by atoms with E-state index >= 15 is 0 Å². The van der Waals surface area contributed by atoms with Gasteiger partial charge in [0.25, 0.3) is 0 Å². The number of carboxylic acids is 1. The van der Waals surface area contributed by atoms with Gasteiger partial charge in [-0.2, -0.15) is 0 Å². The summed E-state index contributed by atoms with van der Waals surface area (Å²) in [6.45, 7) is 3.10. The third-order valence-corrected chi connectivity index (χ3v) is 2.65. The van der Waals surface area contributed by atoms with Gasteiger partial charge in [-0.15, -0.1) is 0 Å². The van der Waals surface area contributed by atoms with Crippen LogP contribution in [0.25, 0.3) is 0 Å². The Balaban J connectivity index is 2.24. The highest BCUT2D eigenvalue weighted by molar-refractivity contribution is 5.82. The van der Waals surface area contributed by atoms with E-state index < -0.39 is 5.97 Å². The minimum atomic E-state index is -1.00. The third kappa shape index (κ3) is 5.11. The minimum Gasteiger partial charge on any atom is -0.480 e. The van der Waals surface area contributed by atoms with Crippen molar-refractivity contribution in [2.24, 2.45) is 0 Å². The molecule has 16 heavy (non-hydrogen) atoms. The number of hydrogen-bond donors (Lipinski definition) is 2. The first-order chi connectivity index (χ1) is 7.63. The molecule has 0 aromatic carbocycles. The second-order valence-electron chi connectivity index (χ2n) is 4.23. The maximum atomic E-state index is 11.4. The second kappa shape index (κ2) is 6.48.